The topological polar surface area (TPSA) is 3.88 Å². The van der Waals surface area contributed by atoms with Gasteiger partial charge in [0.15, 0.2) is 12.4 Å². The lowest BCUT2D eigenvalue weighted by Gasteiger charge is -2.02. The Labute approximate surface area is 126 Å². The normalized spacial score (nSPS) is 10.9. The van der Waals surface area contributed by atoms with Gasteiger partial charge in [0.2, 0.25) is 0 Å². The molecule has 0 saturated carbocycles. The summed E-state index contributed by atoms with van der Waals surface area (Å²) in [4.78, 5) is 0. The molecule has 0 aliphatic rings. The number of pyridine rings is 1. The number of hydrogen-bond donors (Lipinski definition) is 0. The predicted molar refractivity (Wildman–Crippen MR) is 87.9 cm³/mol. The van der Waals surface area contributed by atoms with E-state index in [1.54, 1.807) is 0 Å². The summed E-state index contributed by atoms with van der Waals surface area (Å²) in [5.74, 6) is 0. The first-order valence-corrected chi connectivity index (χ1v) is 8.84. The van der Waals surface area contributed by atoms with E-state index in [4.69, 9.17) is 0 Å². The highest BCUT2D eigenvalue weighted by Gasteiger charge is 2.02. The minimum atomic E-state index is 1.19. The number of nitrogens with zero attached hydrogens (tertiary/aromatic N) is 1. The Morgan fingerprint density at radius 2 is 1.45 bits per heavy atom. The fraction of sp³-hybridized carbons (Fsp3) is 0.737. The van der Waals surface area contributed by atoms with Gasteiger partial charge in [-0.15, -0.1) is 0 Å². The van der Waals surface area contributed by atoms with E-state index in [0.717, 1.165) is 0 Å². The summed E-state index contributed by atoms with van der Waals surface area (Å²) < 4.78 is 2.38. The summed E-state index contributed by atoms with van der Waals surface area (Å²) in [6, 6.07) is 4.49. The van der Waals surface area contributed by atoms with Crippen molar-refractivity contribution in [2.75, 3.05) is 0 Å². The van der Waals surface area contributed by atoms with Crippen LogP contribution >= 0.6 is 0 Å². The lowest BCUT2D eigenvalue weighted by molar-refractivity contribution is -0.697. The van der Waals surface area contributed by atoms with Gasteiger partial charge in [-0.2, -0.15) is 0 Å². The van der Waals surface area contributed by atoms with Crippen molar-refractivity contribution in [2.24, 2.45) is 0 Å². The van der Waals surface area contributed by atoms with Gasteiger partial charge in [0, 0.05) is 18.1 Å². The van der Waals surface area contributed by atoms with E-state index in [2.05, 4.69) is 42.9 Å². The van der Waals surface area contributed by atoms with Gasteiger partial charge in [0.05, 0.1) is 0 Å². The first-order valence-electron chi connectivity index (χ1n) is 8.84. The van der Waals surface area contributed by atoms with Crippen molar-refractivity contribution in [2.45, 2.75) is 91.0 Å². The van der Waals surface area contributed by atoms with Crippen LogP contribution in [0.4, 0.5) is 0 Å². The molecule has 1 aromatic heterocycles. The summed E-state index contributed by atoms with van der Waals surface area (Å²) in [5.41, 5.74) is 1.50. The molecule has 114 valence electrons. The fourth-order valence-electron chi connectivity index (χ4n) is 2.69. The van der Waals surface area contributed by atoms with Crippen LogP contribution in [0.3, 0.4) is 0 Å². The first kappa shape index (κ1) is 17.2. The minimum Gasteiger partial charge on any atom is -0.205 e. The maximum Gasteiger partial charge on any atom is 0.171 e. The van der Waals surface area contributed by atoms with Crippen LogP contribution in [-0.2, 0) is 13.0 Å². The number of hydrogen-bond acceptors (Lipinski definition) is 0. The van der Waals surface area contributed by atoms with Crippen molar-refractivity contribution in [1.82, 2.24) is 0 Å². The van der Waals surface area contributed by atoms with Crippen molar-refractivity contribution >= 4 is 0 Å². The van der Waals surface area contributed by atoms with Crippen molar-refractivity contribution in [3.8, 4) is 0 Å². The van der Waals surface area contributed by atoms with Crippen molar-refractivity contribution in [3.05, 3.63) is 30.1 Å². The fourth-order valence-corrected chi connectivity index (χ4v) is 2.69. The van der Waals surface area contributed by atoms with Crippen molar-refractivity contribution < 1.29 is 4.57 Å². The van der Waals surface area contributed by atoms with Gasteiger partial charge in [-0.1, -0.05) is 58.8 Å². The minimum absolute atomic E-state index is 1.19. The van der Waals surface area contributed by atoms with E-state index in [1.165, 1.54) is 82.7 Å². The summed E-state index contributed by atoms with van der Waals surface area (Å²) in [5, 5.41) is 0. The molecule has 0 N–H and O–H groups in total. The predicted octanol–water partition coefficient (Wildman–Crippen LogP) is 5.46. The lowest BCUT2D eigenvalue weighted by Crippen LogP contribution is -2.33. The number of unbranched alkanes of at least 4 members (excludes halogenated alkanes) is 8. The molecule has 1 heterocycles. The van der Waals surface area contributed by atoms with E-state index < -0.39 is 0 Å². The zero-order valence-corrected chi connectivity index (χ0v) is 13.7. The summed E-state index contributed by atoms with van der Waals surface area (Å²) in [6.07, 6.45) is 19.6. The van der Waals surface area contributed by atoms with E-state index in [9.17, 15) is 0 Å². The molecule has 0 radical (unpaired) electrons. The monoisotopic (exact) mass is 276 g/mol. The standard InChI is InChI=1S/C19H34N/c1-3-5-7-8-9-10-12-16-20-17-13-15-19(18-20)14-11-6-4-2/h13,15,17-18H,3-12,14,16H2,1-2H3/q+1. The molecule has 0 fully saturated rings. The molecule has 1 rings (SSSR count). The molecule has 0 bridgehead atoms. The molecule has 0 amide bonds. The number of rotatable bonds is 12. The Morgan fingerprint density at radius 3 is 2.20 bits per heavy atom. The van der Waals surface area contributed by atoms with Gasteiger partial charge in [0.1, 0.15) is 6.54 Å². The lowest BCUT2D eigenvalue weighted by atomic mass is 10.1. The third-order valence-electron chi connectivity index (χ3n) is 4.01. The van der Waals surface area contributed by atoms with E-state index in [-0.39, 0.29) is 0 Å². The zero-order valence-electron chi connectivity index (χ0n) is 13.7. The highest BCUT2D eigenvalue weighted by Crippen LogP contribution is 2.07. The van der Waals surface area contributed by atoms with Gasteiger partial charge in [-0.25, -0.2) is 4.57 Å². The van der Waals surface area contributed by atoms with Crippen LogP contribution in [0.5, 0.6) is 0 Å². The quantitative estimate of drug-likeness (QED) is 0.353. The molecule has 0 aliphatic carbocycles. The van der Waals surface area contributed by atoms with Gasteiger partial charge in [0.25, 0.3) is 0 Å². The van der Waals surface area contributed by atoms with Gasteiger partial charge in [-0.05, 0) is 25.3 Å². The molecule has 0 spiro atoms. The maximum atomic E-state index is 2.38. The first-order chi connectivity index (χ1) is 9.86. The van der Waals surface area contributed by atoms with Crippen molar-refractivity contribution in [3.63, 3.8) is 0 Å². The Kier molecular flexibility index (Phi) is 10.3. The Bertz CT molecular complexity index is 332. The van der Waals surface area contributed by atoms with Crippen LogP contribution < -0.4 is 4.57 Å². The molecular weight excluding hydrogens is 242 g/mol. The van der Waals surface area contributed by atoms with Crippen LogP contribution in [0.25, 0.3) is 0 Å². The molecule has 1 aromatic rings. The maximum absolute atomic E-state index is 2.38. The summed E-state index contributed by atoms with van der Waals surface area (Å²) in [6.45, 7) is 5.74. The van der Waals surface area contributed by atoms with Crippen LogP contribution in [0.1, 0.15) is 83.6 Å². The molecule has 1 nitrogen and oxygen atoms in total. The van der Waals surface area contributed by atoms with E-state index in [0.29, 0.717) is 0 Å². The van der Waals surface area contributed by atoms with Crippen LogP contribution in [-0.4, -0.2) is 0 Å². The molecule has 0 aliphatic heterocycles. The highest BCUT2D eigenvalue weighted by molar-refractivity contribution is 5.05. The van der Waals surface area contributed by atoms with Gasteiger partial charge < -0.3 is 0 Å². The zero-order chi connectivity index (χ0) is 14.5. The summed E-state index contributed by atoms with van der Waals surface area (Å²) in [7, 11) is 0. The second-order valence-electron chi connectivity index (χ2n) is 6.03. The second-order valence-corrected chi connectivity index (χ2v) is 6.03. The molecule has 0 aromatic carbocycles. The highest BCUT2D eigenvalue weighted by atomic mass is 14.9. The molecular formula is C19H34N+. The number of aryl methyl sites for hydroxylation is 2. The average molecular weight is 276 g/mol. The van der Waals surface area contributed by atoms with E-state index in [1.807, 2.05) is 0 Å². The molecule has 0 atom stereocenters. The van der Waals surface area contributed by atoms with Crippen LogP contribution in [0, 0.1) is 0 Å². The third-order valence-corrected chi connectivity index (χ3v) is 4.01. The number of aromatic nitrogens is 1. The third kappa shape index (κ3) is 8.35. The molecule has 0 unspecified atom stereocenters. The molecule has 0 saturated heterocycles. The van der Waals surface area contributed by atoms with Gasteiger partial charge in [-0.3, -0.25) is 0 Å². The van der Waals surface area contributed by atoms with Crippen molar-refractivity contribution in [1.29, 1.82) is 0 Å². The average Bonchev–Trinajstić information content (AvgIpc) is 2.47. The molecule has 20 heavy (non-hydrogen) atoms. The van der Waals surface area contributed by atoms with E-state index >= 15 is 0 Å². The molecule has 1 heteroatoms. The SMILES string of the molecule is CCCCCCCCC[n+]1cccc(CCCCC)c1. The Morgan fingerprint density at radius 1 is 0.800 bits per heavy atom. The van der Waals surface area contributed by atoms with Crippen LogP contribution in [0.15, 0.2) is 24.5 Å². The smallest absolute Gasteiger partial charge is 0.171 e. The summed E-state index contributed by atoms with van der Waals surface area (Å²) >= 11 is 0. The Hall–Kier alpha value is -0.850. The largest absolute Gasteiger partial charge is 0.205 e. The van der Waals surface area contributed by atoms with Crippen LogP contribution in [0.2, 0.25) is 0 Å². The Balaban J connectivity index is 2.14. The van der Waals surface area contributed by atoms with Gasteiger partial charge >= 0.3 is 0 Å². The second kappa shape index (κ2) is 11.9.